The van der Waals surface area contributed by atoms with Gasteiger partial charge in [0.1, 0.15) is 0 Å². The van der Waals surface area contributed by atoms with Crippen LogP contribution in [-0.2, 0) is 0 Å². The molecule has 0 aromatic heterocycles. The molecular weight excluding hydrogens is 246 g/mol. The number of benzene rings is 1. The fourth-order valence-corrected chi connectivity index (χ4v) is 2.17. The number of nitrogens with zero attached hydrogens (tertiary/aromatic N) is 1. The van der Waals surface area contributed by atoms with Crippen LogP contribution in [0, 0.1) is 10.1 Å². The molecule has 0 saturated carbocycles. The number of rotatable bonds is 6. The molecule has 0 aliphatic rings. The normalized spacial score (nSPS) is 12.2. The van der Waals surface area contributed by atoms with Gasteiger partial charge in [0.25, 0.3) is 0 Å². The van der Waals surface area contributed by atoms with Gasteiger partial charge in [-0.05, 0) is 12.1 Å². The summed E-state index contributed by atoms with van der Waals surface area (Å²) in [5, 5.41) is 28.8. The Labute approximate surface area is 102 Å². The molecular formula is C10H13NO5S. The van der Waals surface area contributed by atoms with Gasteiger partial charge < -0.3 is 14.9 Å². The highest BCUT2D eigenvalue weighted by atomic mass is 32.2. The summed E-state index contributed by atoms with van der Waals surface area (Å²) in [6.45, 7) is -0.370. The van der Waals surface area contributed by atoms with E-state index < -0.39 is 11.0 Å². The third-order valence-corrected chi connectivity index (χ3v) is 3.20. The van der Waals surface area contributed by atoms with E-state index in [-0.39, 0.29) is 23.8 Å². The van der Waals surface area contributed by atoms with Gasteiger partial charge in [0, 0.05) is 5.75 Å². The van der Waals surface area contributed by atoms with E-state index in [4.69, 9.17) is 9.84 Å². The lowest BCUT2D eigenvalue weighted by Gasteiger charge is -2.08. The molecule has 6 nitrogen and oxygen atoms in total. The molecule has 1 atom stereocenters. The van der Waals surface area contributed by atoms with Crippen LogP contribution in [0.3, 0.4) is 0 Å². The number of para-hydroxylation sites is 1. The maximum atomic E-state index is 10.9. The van der Waals surface area contributed by atoms with E-state index in [2.05, 4.69) is 0 Å². The van der Waals surface area contributed by atoms with Crippen molar-refractivity contribution in [3.05, 3.63) is 28.3 Å². The molecule has 2 N–H and O–H groups in total. The summed E-state index contributed by atoms with van der Waals surface area (Å²) >= 11 is 1.11. The predicted molar refractivity (Wildman–Crippen MR) is 63.5 cm³/mol. The van der Waals surface area contributed by atoms with Crippen LogP contribution in [0.4, 0.5) is 5.69 Å². The van der Waals surface area contributed by atoms with Crippen LogP contribution in [0.15, 0.2) is 23.1 Å². The Balaban J connectivity index is 2.94. The molecule has 1 unspecified atom stereocenters. The van der Waals surface area contributed by atoms with Crippen LogP contribution >= 0.6 is 11.8 Å². The van der Waals surface area contributed by atoms with E-state index >= 15 is 0 Å². The van der Waals surface area contributed by atoms with Crippen molar-refractivity contribution in [3.8, 4) is 5.75 Å². The third-order valence-electron chi connectivity index (χ3n) is 2.01. The minimum Gasteiger partial charge on any atom is -0.490 e. The number of nitro benzene ring substituents is 1. The van der Waals surface area contributed by atoms with Gasteiger partial charge in [-0.1, -0.05) is 6.07 Å². The minimum atomic E-state index is -0.897. The van der Waals surface area contributed by atoms with Crippen molar-refractivity contribution < 1.29 is 19.9 Å². The van der Waals surface area contributed by atoms with Crippen LogP contribution in [0.25, 0.3) is 0 Å². The molecule has 94 valence electrons. The predicted octanol–water partition coefficient (Wildman–Crippen LogP) is 1.05. The quantitative estimate of drug-likeness (QED) is 0.450. The lowest BCUT2D eigenvalue weighted by Crippen LogP contribution is -2.14. The molecule has 0 aliphatic carbocycles. The van der Waals surface area contributed by atoms with Crippen molar-refractivity contribution in [1.82, 2.24) is 0 Å². The van der Waals surface area contributed by atoms with Gasteiger partial charge in [-0.2, -0.15) is 0 Å². The number of ether oxygens (including phenoxy) is 1. The van der Waals surface area contributed by atoms with Crippen LogP contribution in [0.5, 0.6) is 5.75 Å². The Bertz CT molecular complexity index is 398. The molecule has 1 rings (SSSR count). The summed E-state index contributed by atoms with van der Waals surface area (Å²) in [6.07, 6.45) is -0.897. The summed E-state index contributed by atoms with van der Waals surface area (Å²) < 4.78 is 4.91. The van der Waals surface area contributed by atoms with Crippen molar-refractivity contribution in [3.63, 3.8) is 0 Å². The molecule has 1 aromatic carbocycles. The molecule has 0 radical (unpaired) electrons. The van der Waals surface area contributed by atoms with E-state index in [1.165, 1.54) is 13.2 Å². The lowest BCUT2D eigenvalue weighted by molar-refractivity contribution is -0.388. The number of aliphatic hydroxyl groups excluding tert-OH is 2. The fraction of sp³-hybridized carbons (Fsp3) is 0.400. The largest absolute Gasteiger partial charge is 0.490 e. The molecule has 0 saturated heterocycles. The van der Waals surface area contributed by atoms with Crippen molar-refractivity contribution in [2.45, 2.75) is 11.0 Å². The van der Waals surface area contributed by atoms with Crippen LogP contribution in [0.2, 0.25) is 0 Å². The second-order valence-corrected chi connectivity index (χ2v) is 4.27. The van der Waals surface area contributed by atoms with E-state index in [9.17, 15) is 15.2 Å². The molecule has 17 heavy (non-hydrogen) atoms. The smallest absolute Gasteiger partial charge is 0.324 e. The molecule has 0 amide bonds. The minimum absolute atomic E-state index is 0.120. The topological polar surface area (TPSA) is 92.8 Å². The zero-order chi connectivity index (χ0) is 12.8. The number of hydrogen-bond acceptors (Lipinski definition) is 6. The Kier molecular flexibility index (Phi) is 5.20. The van der Waals surface area contributed by atoms with Gasteiger partial charge in [0.15, 0.2) is 5.75 Å². The summed E-state index contributed by atoms with van der Waals surface area (Å²) in [4.78, 5) is 10.8. The molecule has 0 heterocycles. The van der Waals surface area contributed by atoms with Gasteiger partial charge in [-0.3, -0.25) is 10.1 Å². The maximum Gasteiger partial charge on any atom is 0.324 e. The monoisotopic (exact) mass is 259 g/mol. The number of nitro groups is 1. The number of methoxy groups -OCH3 is 1. The van der Waals surface area contributed by atoms with E-state index in [1.54, 1.807) is 12.1 Å². The SMILES string of the molecule is COc1cccc(SCC(O)CO)c1[N+](=O)[O-]. The first-order valence-corrected chi connectivity index (χ1v) is 5.81. The van der Waals surface area contributed by atoms with Gasteiger partial charge >= 0.3 is 5.69 Å². The van der Waals surface area contributed by atoms with Gasteiger partial charge in [0.2, 0.25) is 0 Å². The Morgan fingerprint density at radius 3 is 2.82 bits per heavy atom. The van der Waals surface area contributed by atoms with Gasteiger partial charge in [0.05, 0.1) is 29.6 Å². The molecule has 0 aliphatic heterocycles. The van der Waals surface area contributed by atoms with Crippen molar-refractivity contribution >= 4 is 17.4 Å². The first-order chi connectivity index (χ1) is 8.10. The maximum absolute atomic E-state index is 10.9. The Morgan fingerprint density at radius 1 is 1.59 bits per heavy atom. The van der Waals surface area contributed by atoms with Crippen LogP contribution in [-0.4, -0.2) is 40.7 Å². The first-order valence-electron chi connectivity index (χ1n) is 4.83. The Morgan fingerprint density at radius 2 is 2.29 bits per heavy atom. The van der Waals surface area contributed by atoms with Crippen molar-refractivity contribution in [1.29, 1.82) is 0 Å². The lowest BCUT2D eigenvalue weighted by atomic mass is 10.3. The third kappa shape index (κ3) is 3.58. The van der Waals surface area contributed by atoms with Crippen molar-refractivity contribution in [2.75, 3.05) is 19.5 Å². The van der Waals surface area contributed by atoms with Gasteiger partial charge in [-0.15, -0.1) is 11.8 Å². The second kappa shape index (κ2) is 6.43. The second-order valence-electron chi connectivity index (χ2n) is 3.21. The van der Waals surface area contributed by atoms with E-state index in [0.717, 1.165) is 11.8 Å². The number of aliphatic hydroxyl groups is 2. The highest BCUT2D eigenvalue weighted by Gasteiger charge is 2.21. The summed E-state index contributed by atoms with van der Waals surface area (Å²) in [5.41, 5.74) is -0.120. The summed E-state index contributed by atoms with van der Waals surface area (Å²) in [6, 6.07) is 4.72. The molecule has 0 fully saturated rings. The Hall–Kier alpha value is -1.31. The highest BCUT2D eigenvalue weighted by molar-refractivity contribution is 7.99. The zero-order valence-corrected chi connectivity index (χ0v) is 10.0. The van der Waals surface area contributed by atoms with Gasteiger partial charge in [-0.25, -0.2) is 0 Å². The first kappa shape index (κ1) is 13.8. The summed E-state index contributed by atoms with van der Waals surface area (Å²) in [5.74, 6) is 0.364. The van der Waals surface area contributed by atoms with Crippen molar-refractivity contribution in [2.24, 2.45) is 0 Å². The molecule has 0 bridgehead atoms. The molecule has 7 heteroatoms. The highest BCUT2D eigenvalue weighted by Crippen LogP contribution is 2.37. The number of hydrogen-bond donors (Lipinski definition) is 2. The van der Waals surface area contributed by atoms with Crippen LogP contribution in [0.1, 0.15) is 0 Å². The zero-order valence-electron chi connectivity index (χ0n) is 9.20. The average molecular weight is 259 g/mol. The number of thioether (sulfide) groups is 1. The van der Waals surface area contributed by atoms with Crippen LogP contribution < -0.4 is 4.74 Å². The molecule has 0 spiro atoms. The fourth-order valence-electron chi connectivity index (χ4n) is 1.20. The standard InChI is InChI=1S/C10H13NO5S/c1-16-8-3-2-4-9(10(8)11(14)15)17-6-7(13)5-12/h2-4,7,12-13H,5-6H2,1H3. The average Bonchev–Trinajstić information content (AvgIpc) is 2.34. The van der Waals surface area contributed by atoms with E-state index in [0.29, 0.717) is 4.90 Å². The van der Waals surface area contributed by atoms with E-state index in [1.807, 2.05) is 0 Å². The molecule has 1 aromatic rings. The summed E-state index contributed by atoms with van der Waals surface area (Å²) in [7, 11) is 1.36.